The maximum absolute atomic E-state index is 5.51. The number of H-pyrrole nitrogens is 1. The number of aromatic amines is 1. The van der Waals surface area contributed by atoms with Gasteiger partial charge < -0.3 is 9.72 Å². The molecule has 0 fully saturated rings. The molecule has 1 aromatic carbocycles. The predicted molar refractivity (Wildman–Crippen MR) is 57.6 cm³/mol. The van der Waals surface area contributed by atoms with E-state index in [-0.39, 0.29) is 0 Å². The molecule has 1 aromatic heterocycles. The lowest BCUT2D eigenvalue weighted by Crippen LogP contribution is -1.98. The van der Waals surface area contributed by atoms with E-state index in [1.165, 1.54) is 16.5 Å². The molecule has 70 valence electrons. The molecule has 0 saturated carbocycles. The van der Waals surface area contributed by atoms with Gasteiger partial charge in [0, 0.05) is 16.5 Å². The first kappa shape index (κ1) is 7.68. The molecule has 0 amide bonds. The molecule has 2 nitrogen and oxygen atoms in total. The minimum absolute atomic E-state index is 0.665. The van der Waals surface area contributed by atoms with Gasteiger partial charge in [-0.25, -0.2) is 0 Å². The zero-order valence-corrected chi connectivity index (χ0v) is 8.00. The Morgan fingerprint density at radius 3 is 3.21 bits per heavy atom. The Bertz CT molecular complexity index is 522. The lowest BCUT2D eigenvalue weighted by Gasteiger charge is -2.06. The molecule has 0 unspecified atom stereocenters. The van der Waals surface area contributed by atoms with Crippen molar-refractivity contribution in [2.75, 3.05) is 6.61 Å². The Kier molecular flexibility index (Phi) is 1.45. The number of aryl methyl sites for hydroxylation is 1. The van der Waals surface area contributed by atoms with Gasteiger partial charge in [0.05, 0.1) is 0 Å². The van der Waals surface area contributed by atoms with E-state index < -0.39 is 0 Å². The molecule has 0 bridgehead atoms. The summed E-state index contributed by atoms with van der Waals surface area (Å²) in [6.07, 6.45) is 4.16. The zero-order chi connectivity index (χ0) is 9.54. The molecule has 2 heteroatoms. The second-order valence-corrected chi connectivity index (χ2v) is 3.63. The first-order valence-corrected chi connectivity index (χ1v) is 4.76. The van der Waals surface area contributed by atoms with Crippen LogP contribution in [0.1, 0.15) is 11.1 Å². The minimum Gasteiger partial charge on any atom is -0.474 e. The zero-order valence-electron chi connectivity index (χ0n) is 8.00. The van der Waals surface area contributed by atoms with Gasteiger partial charge in [0.1, 0.15) is 6.61 Å². The Balaban J connectivity index is 2.38. The third-order valence-electron chi connectivity index (χ3n) is 2.57. The number of ether oxygens (including phenoxy) is 1. The molecule has 14 heavy (non-hydrogen) atoms. The van der Waals surface area contributed by atoms with Crippen LogP contribution in [0.3, 0.4) is 0 Å². The third kappa shape index (κ3) is 0.970. The highest BCUT2D eigenvalue weighted by Gasteiger charge is 2.12. The molecular formula is C12H11NO. The first-order valence-electron chi connectivity index (χ1n) is 4.76. The number of aromatic nitrogens is 1. The first-order chi connectivity index (χ1) is 6.84. The average Bonchev–Trinajstić information content (AvgIpc) is 2.54. The van der Waals surface area contributed by atoms with Gasteiger partial charge in [0.15, 0.2) is 5.88 Å². The van der Waals surface area contributed by atoms with Gasteiger partial charge in [-0.3, -0.25) is 0 Å². The number of fused-ring (bicyclic) bond motifs is 3. The van der Waals surface area contributed by atoms with E-state index in [2.05, 4.69) is 36.2 Å². The molecule has 0 atom stereocenters. The van der Waals surface area contributed by atoms with Crippen LogP contribution in [-0.4, -0.2) is 11.6 Å². The fourth-order valence-corrected chi connectivity index (χ4v) is 1.89. The second kappa shape index (κ2) is 2.64. The molecule has 3 rings (SSSR count). The maximum atomic E-state index is 5.51. The topological polar surface area (TPSA) is 25.0 Å². The van der Waals surface area contributed by atoms with Gasteiger partial charge in [-0.1, -0.05) is 12.1 Å². The fraction of sp³-hybridized carbons (Fsp3) is 0.167. The van der Waals surface area contributed by atoms with Crippen LogP contribution in [0.2, 0.25) is 0 Å². The Labute approximate surface area is 82.2 Å². The SMILES string of the molecule is Cc1ccc2c3c([nH]c2c1)OCC=C3. The maximum Gasteiger partial charge on any atom is 0.199 e. The van der Waals surface area contributed by atoms with Crippen LogP contribution in [0.4, 0.5) is 0 Å². The van der Waals surface area contributed by atoms with Gasteiger partial charge >= 0.3 is 0 Å². The molecule has 2 aromatic rings. The highest BCUT2D eigenvalue weighted by atomic mass is 16.5. The average molecular weight is 185 g/mol. The molecule has 1 N–H and O–H groups in total. The van der Waals surface area contributed by atoms with Crippen molar-refractivity contribution in [1.82, 2.24) is 4.98 Å². The Hall–Kier alpha value is -1.70. The highest BCUT2D eigenvalue weighted by molar-refractivity contribution is 5.92. The molecule has 0 spiro atoms. The summed E-state index contributed by atoms with van der Waals surface area (Å²) >= 11 is 0. The van der Waals surface area contributed by atoms with Crippen molar-refractivity contribution in [1.29, 1.82) is 0 Å². The molecule has 0 radical (unpaired) electrons. The van der Waals surface area contributed by atoms with Gasteiger partial charge in [0.2, 0.25) is 0 Å². The van der Waals surface area contributed by atoms with Crippen molar-refractivity contribution in [2.45, 2.75) is 6.92 Å². The fourth-order valence-electron chi connectivity index (χ4n) is 1.89. The van der Waals surface area contributed by atoms with Crippen molar-refractivity contribution in [3.8, 4) is 5.88 Å². The van der Waals surface area contributed by atoms with E-state index in [9.17, 15) is 0 Å². The monoisotopic (exact) mass is 185 g/mol. The summed E-state index contributed by atoms with van der Waals surface area (Å²) in [5.74, 6) is 0.896. The van der Waals surface area contributed by atoms with Crippen molar-refractivity contribution in [2.24, 2.45) is 0 Å². The van der Waals surface area contributed by atoms with Gasteiger partial charge in [-0.15, -0.1) is 0 Å². The number of nitrogens with one attached hydrogen (secondary N) is 1. The Morgan fingerprint density at radius 2 is 2.29 bits per heavy atom. The van der Waals surface area contributed by atoms with Crippen molar-refractivity contribution < 1.29 is 4.74 Å². The lowest BCUT2D eigenvalue weighted by molar-refractivity contribution is 0.347. The van der Waals surface area contributed by atoms with Crippen molar-refractivity contribution in [3.63, 3.8) is 0 Å². The highest BCUT2D eigenvalue weighted by Crippen LogP contribution is 2.31. The number of hydrogen-bond acceptors (Lipinski definition) is 1. The van der Waals surface area contributed by atoms with Gasteiger partial charge in [-0.2, -0.15) is 0 Å². The standard InChI is InChI=1S/C12H11NO/c1-8-4-5-9-10-3-2-6-14-12(10)13-11(9)7-8/h2-5,7,13H,6H2,1H3. The van der Waals surface area contributed by atoms with E-state index in [0.29, 0.717) is 6.61 Å². The van der Waals surface area contributed by atoms with Gasteiger partial charge in [0.25, 0.3) is 0 Å². The molecule has 1 aliphatic heterocycles. The Morgan fingerprint density at radius 1 is 1.36 bits per heavy atom. The predicted octanol–water partition coefficient (Wildman–Crippen LogP) is 2.88. The third-order valence-corrected chi connectivity index (χ3v) is 2.57. The van der Waals surface area contributed by atoms with E-state index in [1.54, 1.807) is 0 Å². The second-order valence-electron chi connectivity index (χ2n) is 3.63. The summed E-state index contributed by atoms with van der Waals surface area (Å²) in [4.78, 5) is 3.28. The largest absolute Gasteiger partial charge is 0.474 e. The summed E-state index contributed by atoms with van der Waals surface area (Å²) in [5.41, 5.74) is 3.59. The molecule has 1 aliphatic rings. The normalized spacial score (nSPS) is 14.1. The van der Waals surface area contributed by atoms with E-state index in [1.807, 2.05) is 6.08 Å². The molecule has 0 aliphatic carbocycles. The molecule has 0 saturated heterocycles. The quantitative estimate of drug-likeness (QED) is 0.670. The molecular weight excluding hydrogens is 174 g/mol. The number of benzene rings is 1. The minimum atomic E-state index is 0.665. The van der Waals surface area contributed by atoms with Crippen LogP contribution in [0.15, 0.2) is 24.3 Å². The number of hydrogen-bond donors (Lipinski definition) is 1. The van der Waals surface area contributed by atoms with Crippen molar-refractivity contribution in [3.05, 3.63) is 35.4 Å². The van der Waals surface area contributed by atoms with Crippen LogP contribution in [0.5, 0.6) is 5.88 Å². The summed E-state index contributed by atoms with van der Waals surface area (Å²) in [6, 6.07) is 6.41. The van der Waals surface area contributed by atoms with Gasteiger partial charge in [-0.05, 0) is 30.7 Å². The smallest absolute Gasteiger partial charge is 0.199 e. The van der Waals surface area contributed by atoms with Crippen LogP contribution >= 0.6 is 0 Å². The van der Waals surface area contributed by atoms with Crippen LogP contribution in [0, 0.1) is 6.92 Å². The summed E-state index contributed by atoms with van der Waals surface area (Å²) in [7, 11) is 0. The van der Waals surface area contributed by atoms with E-state index >= 15 is 0 Å². The summed E-state index contributed by atoms with van der Waals surface area (Å²) in [6.45, 7) is 2.76. The summed E-state index contributed by atoms with van der Waals surface area (Å²) in [5, 5.41) is 1.24. The van der Waals surface area contributed by atoms with E-state index in [4.69, 9.17) is 4.74 Å². The summed E-state index contributed by atoms with van der Waals surface area (Å²) < 4.78 is 5.51. The van der Waals surface area contributed by atoms with E-state index in [0.717, 1.165) is 11.4 Å². The van der Waals surface area contributed by atoms with Crippen molar-refractivity contribution >= 4 is 17.0 Å². The lowest BCUT2D eigenvalue weighted by atomic mass is 10.1. The number of rotatable bonds is 0. The van der Waals surface area contributed by atoms with Crippen LogP contribution < -0.4 is 4.74 Å². The molecule has 2 heterocycles. The van der Waals surface area contributed by atoms with Crippen LogP contribution in [-0.2, 0) is 0 Å². The van der Waals surface area contributed by atoms with Crippen LogP contribution in [0.25, 0.3) is 17.0 Å².